The number of nitrogens with zero attached hydrogens (tertiary/aromatic N) is 1. The lowest BCUT2D eigenvalue weighted by atomic mass is 9.78. The fourth-order valence-electron chi connectivity index (χ4n) is 5.60. The molecule has 8 heteroatoms. The van der Waals surface area contributed by atoms with Crippen LogP contribution in [0, 0.1) is 5.82 Å². The number of ketones is 1. The third-order valence-corrected chi connectivity index (χ3v) is 7.38. The van der Waals surface area contributed by atoms with Gasteiger partial charge in [-0.3, -0.25) is 14.5 Å². The lowest BCUT2D eigenvalue weighted by Crippen LogP contribution is -2.38. The molecule has 2 aliphatic rings. The zero-order valence-electron chi connectivity index (χ0n) is 22.4. The van der Waals surface area contributed by atoms with Gasteiger partial charge in [0.15, 0.2) is 17.3 Å². The maximum atomic E-state index is 14.5. The predicted molar refractivity (Wildman–Crippen MR) is 147 cm³/mol. The van der Waals surface area contributed by atoms with Gasteiger partial charge in [0.2, 0.25) is 11.7 Å². The van der Waals surface area contributed by atoms with Crippen molar-refractivity contribution in [2.24, 2.45) is 0 Å². The lowest BCUT2D eigenvalue weighted by molar-refractivity contribution is -0.119. The van der Waals surface area contributed by atoms with Gasteiger partial charge < -0.3 is 19.5 Å². The van der Waals surface area contributed by atoms with E-state index in [9.17, 15) is 14.0 Å². The summed E-state index contributed by atoms with van der Waals surface area (Å²) in [6.07, 6.45) is 0.925. The summed E-state index contributed by atoms with van der Waals surface area (Å²) in [5.41, 5.74) is 3.95. The molecule has 0 radical (unpaired) electrons. The number of benzene rings is 3. The number of rotatable bonds is 6. The summed E-state index contributed by atoms with van der Waals surface area (Å²) in [6.45, 7) is 1.78. The Bertz CT molecular complexity index is 1440. The molecule has 0 bridgehead atoms. The summed E-state index contributed by atoms with van der Waals surface area (Å²) in [4.78, 5) is 29.1. The largest absolute Gasteiger partial charge is 0.493 e. The van der Waals surface area contributed by atoms with E-state index in [0.717, 1.165) is 5.56 Å². The van der Waals surface area contributed by atoms with Crippen molar-refractivity contribution in [2.45, 2.75) is 38.1 Å². The molecule has 0 spiro atoms. The first-order chi connectivity index (χ1) is 18.9. The van der Waals surface area contributed by atoms with Crippen LogP contribution in [0.5, 0.6) is 17.2 Å². The molecular weight excluding hydrogens is 499 g/mol. The minimum Gasteiger partial charge on any atom is -0.493 e. The summed E-state index contributed by atoms with van der Waals surface area (Å²) < 4.78 is 31.1. The number of hydrogen-bond acceptors (Lipinski definition) is 6. The highest BCUT2D eigenvalue weighted by Crippen LogP contribution is 2.49. The van der Waals surface area contributed by atoms with Crippen LogP contribution in [0.2, 0.25) is 0 Å². The van der Waals surface area contributed by atoms with Gasteiger partial charge in [0, 0.05) is 24.1 Å². The fraction of sp³-hybridized carbons (Fsp3) is 0.290. The molecule has 1 heterocycles. The summed E-state index contributed by atoms with van der Waals surface area (Å²) in [7, 11) is 4.66. The number of hydrogen-bond donors (Lipinski definition) is 1. The number of halogens is 1. The van der Waals surface area contributed by atoms with E-state index in [-0.39, 0.29) is 30.4 Å². The average Bonchev–Trinajstić information content (AvgIpc) is 3.10. The molecule has 0 aromatic heterocycles. The highest BCUT2D eigenvalue weighted by Gasteiger charge is 2.41. The van der Waals surface area contributed by atoms with Gasteiger partial charge in [0.25, 0.3) is 0 Å². The number of para-hydroxylation sites is 2. The van der Waals surface area contributed by atoms with Crippen molar-refractivity contribution < 1.29 is 28.2 Å². The Labute approximate surface area is 227 Å². The Morgan fingerprint density at radius 3 is 2.31 bits per heavy atom. The third kappa shape index (κ3) is 4.71. The Balaban J connectivity index is 1.69. The number of Topliss-reactive ketones (excluding diaryl/α,β-unsaturated/α-hetero) is 1. The first-order valence-electron chi connectivity index (χ1n) is 12.9. The summed E-state index contributed by atoms with van der Waals surface area (Å²) in [6, 6.07) is 16.6. The number of ether oxygens (including phenoxy) is 3. The zero-order chi connectivity index (χ0) is 27.7. The molecule has 0 saturated carbocycles. The van der Waals surface area contributed by atoms with Gasteiger partial charge in [-0.25, -0.2) is 4.39 Å². The quantitative estimate of drug-likeness (QED) is 0.411. The van der Waals surface area contributed by atoms with Crippen LogP contribution in [0.25, 0.3) is 0 Å². The van der Waals surface area contributed by atoms with Crippen molar-refractivity contribution in [3.05, 3.63) is 88.9 Å². The van der Waals surface area contributed by atoms with Crippen LogP contribution in [0.4, 0.5) is 15.8 Å². The standard InChI is InChI=1S/C31H31FN2O5/c1-5-28(36)34-24-12-7-6-11-22(24)33-23-14-19(20-16-26(37-2)31(39-4)27(17-20)38-3)15-25(35)29(23)30(34)18-9-8-10-21(32)13-18/h6-13,16-17,19,30,33H,5,14-15H2,1-4H3. The van der Waals surface area contributed by atoms with Crippen molar-refractivity contribution in [1.29, 1.82) is 0 Å². The van der Waals surface area contributed by atoms with Gasteiger partial charge in [-0.05, 0) is 59.9 Å². The molecule has 0 saturated heterocycles. The summed E-state index contributed by atoms with van der Waals surface area (Å²) in [5, 5.41) is 3.48. The molecule has 1 aliphatic carbocycles. The lowest BCUT2D eigenvalue weighted by Gasteiger charge is -2.35. The van der Waals surface area contributed by atoms with E-state index in [2.05, 4.69) is 5.32 Å². The topological polar surface area (TPSA) is 77.1 Å². The molecule has 0 fully saturated rings. The second-order valence-electron chi connectivity index (χ2n) is 9.60. The van der Waals surface area contributed by atoms with Crippen molar-refractivity contribution >= 4 is 23.1 Å². The maximum absolute atomic E-state index is 14.5. The van der Waals surface area contributed by atoms with Crippen LogP contribution in [0.1, 0.15) is 49.3 Å². The molecule has 1 amide bonds. The van der Waals surface area contributed by atoms with E-state index in [1.807, 2.05) is 36.4 Å². The number of carbonyl (C=O) groups is 2. The Morgan fingerprint density at radius 1 is 0.949 bits per heavy atom. The van der Waals surface area contributed by atoms with Gasteiger partial charge in [-0.2, -0.15) is 0 Å². The molecular formula is C31H31FN2O5. The number of nitrogens with one attached hydrogen (secondary N) is 1. The molecule has 1 aliphatic heterocycles. The summed E-state index contributed by atoms with van der Waals surface area (Å²) in [5.74, 6) is 0.609. The number of methoxy groups -OCH3 is 3. The first kappa shape index (κ1) is 26.3. The van der Waals surface area contributed by atoms with Crippen LogP contribution >= 0.6 is 0 Å². The van der Waals surface area contributed by atoms with E-state index in [1.165, 1.54) is 12.1 Å². The van der Waals surface area contributed by atoms with E-state index >= 15 is 0 Å². The molecule has 7 nitrogen and oxygen atoms in total. The van der Waals surface area contributed by atoms with E-state index < -0.39 is 11.9 Å². The first-order valence-corrected chi connectivity index (χ1v) is 12.9. The van der Waals surface area contributed by atoms with Crippen molar-refractivity contribution in [1.82, 2.24) is 0 Å². The monoisotopic (exact) mass is 530 g/mol. The minimum atomic E-state index is -0.771. The smallest absolute Gasteiger partial charge is 0.227 e. The Hall–Kier alpha value is -4.33. The van der Waals surface area contributed by atoms with Gasteiger partial charge in [0.1, 0.15) is 5.82 Å². The number of carbonyl (C=O) groups excluding carboxylic acids is 2. The van der Waals surface area contributed by atoms with Crippen molar-refractivity contribution in [3.8, 4) is 17.2 Å². The number of fused-ring (bicyclic) bond motifs is 1. The fourth-order valence-corrected chi connectivity index (χ4v) is 5.60. The van der Waals surface area contributed by atoms with Gasteiger partial charge in [-0.15, -0.1) is 0 Å². The third-order valence-electron chi connectivity index (χ3n) is 7.38. The molecule has 39 heavy (non-hydrogen) atoms. The Kier molecular flexibility index (Phi) is 7.28. The second kappa shape index (κ2) is 10.8. The van der Waals surface area contributed by atoms with Gasteiger partial charge in [-0.1, -0.05) is 31.2 Å². The van der Waals surface area contributed by atoms with Crippen LogP contribution in [0.15, 0.2) is 71.9 Å². The van der Waals surface area contributed by atoms with Crippen LogP contribution in [-0.2, 0) is 9.59 Å². The SMILES string of the molecule is CCC(=O)N1c2ccccc2NC2=C(C(=O)CC(c3cc(OC)c(OC)c(OC)c3)C2)C1c1cccc(F)c1. The highest BCUT2D eigenvalue weighted by molar-refractivity contribution is 6.06. The van der Waals surface area contributed by atoms with Crippen LogP contribution in [0.3, 0.4) is 0 Å². The van der Waals surface area contributed by atoms with Crippen molar-refractivity contribution in [3.63, 3.8) is 0 Å². The summed E-state index contributed by atoms with van der Waals surface area (Å²) >= 11 is 0. The van der Waals surface area contributed by atoms with Crippen molar-refractivity contribution in [2.75, 3.05) is 31.5 Å². The molecule has 2 unspecified atom stereocenters. The van der Waals surface area contributed by atoms with E-state index in [1.54, 1.807) is 45.3 Å². The van der Waals surface area contributed by atoms with Crippen LogP contribution < -0.4 is 24.4 Å². The minimum absolute atomic E-state index is 0.113. The second-order valence-corrected chi connectivity index (χ2v) is 9.60. The van der Waals surface area contributed by atoms with Crippen LogP contribution in [-0.4, -0.2) is 33.0 Å². The normalized spacial score (nSPS) is 18.5. The average molecular weight is 531 g/mol. The zero-order valence-corrected chi connectivity index (χ0v) is 22.4. The Morgan fingerprint density at radius 2 is 1.67 bits per heavy atom. The molecule has 3 aromatic carbocycles. The van der Waals surface area contributed by atoms with E-state index in [4.69, 9.17) is 14.2 Å². The predicted octanol–water partition coefficient (Wildman–Crippen LogP) is 6.16. The highest BCUT2D eigenvalue weighted by atomic mass is 19.1. The van der Waals surface area contributed by atoms with Gasteiger partial charge in [0.05, 0.1) is 38.7 Å². The molecule has 3 aromatic rings. The molecule has 202 valence electrons. The van der Waals surface area contributed by atoms with E-state index in [0.29, 0.717) is 51.9 Å². The molecule has 5 rings (SSSR count). The maximum Gasteiger partial charge on any atom is 0.227 e. The van der Waals surface area contributed by atoms with Gasteiger partial charge >= 0.3 is 0 Å². The number of amides is 1. The number of anilines is 2. The molecule has 2 atom stereocenters. The number of allylic oxidation sites excluding steroid dienone is 1. The molecule has 1 N–H and O–H groups in total.